The summed E-state index contributed by atoms with van der Waals surface area (Å²) in [6, 6.07) is 16.9. The normalized spacial score (nSPS) is 14.5. The van der Waals surface area contributed by atoms with Gasteiger partial charge < -0.3 is 19.5 Å². The van der Waals surface area contributed by atoms with Gasteiger partial charge in [0.2, 0.25) is 5.88 Å². The molecule has 1 aliphatic heterocycles. The van der Waals surface area contributed by atoms with E-state index in [1.807, 2.05) is 12.1 Å². The molecule has 0 spiro atoms. The summed E-state index contributed by atoms with van der Waals surface area (Å²) in [5, 5.41) is 30.5. The predicted octanol–water partition coefficient (Wildman–Crippen LogP) is 5.45. The number of nitrogens with one attached hydrogen (secondary N) is 2. The molecule has 2 aromatic carbocycles. The monoisotopic (exact) mass is 599 g/mol. The SMILES string of the molecule is COC(=O)C1=C(C)NC(C)=C(C(=O)OCCCCCCOc2cc(-c3ccc(C#N)cc3)[nH]n2)C1c1cccc([N+](=O)[O-])c1. The lowest BCUT2D eigenvalue weighted by Crippen LogP contribution is -2.32. The van der Waals surface area contributed by atoms with Crippen molar-refractivity contribution in [1.29, 1.82) is 5.26 Å². The fraction of sp³-hybridized carbons (Fsp3) is 0.312. The first-order valence-electron chi connectivity index (χ1n) is 14.1. The number of nitrogens with zero attached hydrogens (tertiary/aromatic N) is 3. The number of rotatable bonds is 13. The molecule has 2 N–H and O–H groups in total. The van der Waals surface area contributed by atoms with Crippen molar-refractivity contribution in [3.8, 4) is 23.2 Å². The molecule has 0 amide bonds. The Hall–Kier alpha value is -5.44. The molecule has 0 bridgehead atoms. The summed E-state index contributed by atoms with van der Waals surface area (Å²) in [7, 11) is 1.24. The van der Waals surface area contributed by atoms with Gasteiger partial charge in [-0.05, 0) is 62.8 Å². The largest absolute Gasteiger partial charge is 0.477 e. The molecule has 2 heterocycles. The molecule has 44 heavy (non-hydrogen) atoms. The van der Waals surface area contributed by atoms with Gasteiger partial charge in [0, 0.05) is 29.6 Å². The molecule has 0 fully saturated rings. The lowest BCUT2D eigenvalue weighted by Gasteiger charge is -2.30. The van der Waals surface area contributed by atoms with E-state index in [0.29, 0.717) is 41.4 Å². The van der Waals surface area contributed by atoms with E-state index >= 15 is 0 Å². The number of H-pyrrole nitrogens is 1. The van der Waals surface area contributed by atoms with Crippen LogP contribution in [0.5, 0.6) is 5.88 Å². The summed E-state index contributed by atoms with van der Waals surface area (Å²) in [4.78, 5) is 37.0. The van der Waals surface area contributed by atoms with Crippen LogP contribution in [-0.2, 0) is 19.1 Å². The average molecular weight is 600 g/mol. The Kier molecular flexibility index (Phi) is 10.5. The highest BCUT2D eigenvalue weighted by Crippen LogP contribution is 2.40. The number of nitriles is 1. The minimum Gasteiger partial charge on any atom is -0.477 e. The van der Waals surface area contributed by atoms with Crippen LogP contribution in [-0.4, -0.2) is 47.4 Å². The van der Waals surface area contributed by atoms with Crippen LogP contribution >= 0.6 is 0 Å². The number of ether oxygens (including phenoxy) is 3. The molecule has 1 unspecified atom stereocenters. The lowest BCUT2D eigenvalue weighted by atomic mass is 9.80. The second-order valence-corrected chi connectivity index (χ2v) is 10.2. The van der Waals surface area contributed by atoms with Crippen LogP contribution in [0.1, 0.15) is 56.6 Å². The highest BCUT2D eigenvalue weighted by Gasteiger charge is 2.38. The summed E-state index contributed by atoms with van der Waals surface area (Å²) in [5.74, 6) is -1.67. The third-order valence-electron chi connectivity index (χ3n) is 7.20. The lowest BCUT2D eigenvalue weighted by molar-refractivity contribution is -0.384. The van der Waals surface area contributed by atoms with Crippen molar-refractivity contribution >= 4 is 17.6 Å². The first-order valence-corrected chi connectivity index (χ1v) is 14.1. The van der Waals surface area contributed by atoms with E-state index in [4.69, 9.17) is 19.5 Å². The molecular weight excluding hydrogens is 566 g/mol. The summed E-state index contributed by atoms with van der Waals surface area (Å²) >= 11 is 0. The minimum absolute atomic E-state index is 0.156. The average Bonchev–Trinajstić information content (AvgIpc) is 3.50. The molecule has 1 aliphatic rings. The van der Waals surface area contributed by atoms with Crippen LogP contribution in [0, 0.1) is 21.4 Å². The van der Waals surface area contributed by atoms with E-state index in [1.165, 1.54) is 25.3 Å². The van der Waals surface area contributed by atoms with E-state index in [0.717, 1.165) is 30.5 Å². The zero-order valence-corrected chi connectivity index (χ0v) is 24.7. The number of unbranched alkanes of at least 4 members (excludes halogenated alkanes) is 3. The number of nitro groups is 1. The van der Waals surface area contributed by atoms with E-state index < -0.39 is 22.8 Å². The maximum absolute atomic E-state index is 13.3. The maximum atomic E-state index is 13.3. The van der Waals surface area contributed by atoms with E-state index in [2.05, 4.69) is 21.6 Å². The van der Waals surface area contributed by atoms with E-state index in [-0.39, 0.29) is 23.4 Å². The standard InChI is InChI=1S/C32H33N5O7/c1-20-28(31(38)42-3)30(24-9-8-10-25(17-24)37(40)41)29(21(2)34-20)32(39)44-16-7-5-4-6-15-43-27-18-26(35-36-27)23-13-11-22(19-33)12-14-23/h8-14,17-18,30,34H,4-7,15-16H2,1-3H3,(H,35,36). The topological polar surface area (TPSA) is 169 Å². The second-order valence-electron chi connectivity index (χ2n) is 10.2. The molecule has 1 aromatic heterocycles. The fourth-order valence-corrected chi connectivity index (χ4v) is 5.02. The zero-order chi connectivity index (χ0) is 31.6. The van der Waals surface area contributed by atoms with E-state index in [9.17, 15) is 19.7 Å². The highest BCUT2D eigenvalue weighted by atomic mass is 16.6. The van der Waals surface area contributed by atoms with Crippen LogP contribution < -0.4 is 10.1 Å². The van der Waals surface area contributed by atoms with Gasteiger partial charge in [0.05, 0.1) is 59.6 Å². The van der Waals surface area contributed by atoms with E-state index in [1.54, 1.807) is 38.1 Å². The number of hydrogen-bond acceptors (Lipinski definition) is 10. The van der Waals surface area contributed by atoms with Crippen molar-refractivity contribution in [2.24, 2.45) is 0 Å². The van der Waals surface area contributed by atoms with Crippen LogP contribution in [0.3, 0.4) is 0 Å². The van der Waals surface area contributed by atoms with Crippen molar-refractivity contribution in [3.63, 3.8) is 0 Å². The number of aromatic nitrogens is 2. The Morgan fingerprint density at radius 1 is 0.977 bits per heavy atom. The van der Waals surface area contributed by atoms with Crippen molar-refractivity contribution in [2.75, 3.05) is 20.3 Å². The smallest absolute Gasteiger partial charge is 0.336 e. The Balaban J connectivity index is 1.28. The molecule has 12 nitrogen and oxygen atoms in total. The fourth-order valence-electron chi connectivity index (χ4n) is 5.02. The number of non-ortho nitro benzene ring substituents is 1. The van der Waals surface area contributed by atoms with Gasteiger partial charge in [-0.25, -0.2) is 9.59 Å². The predicted molar refractivity (Wildman–Crippen MR) is 160 cm³/mol. The molecular formula is C32H33N5O7. The van der Waals surface area contributed by atoms with Crippen LogP contribution in [0.4, 0.5) is 5.69 Å². The second kappa shape index (κ2) is 14.6. The van der Waals surface area contributed by atoms with Crippen LogP contribution in [0.2, 0.25) is 0 Å². The molecule has 12 heteroatoms. The summed E-state index contributed by atoms with van der Waals surface area (Å²) in [5.41, 5.74) is 3.91. The minimum atomic E-state index is -0.896. The van der Waals surface area contributed by atoms with Crippen molar-refractivity contribution < 1.29 is 28.7 Å². The van der Waals surface area contributed by atoms with Gasteiger partial charge in [-0.2, -0.15) is 5.26 Å². The van der Waals surface area contributed by atoms with Crippen LogP contribution in [0.15, 0.2) is 77.1 Å². The molecule has 0 radical (unpaired) electrons. The maximum Gasteiger partial charge on any atom is 0.336 e. The highest BCUT2D eigenvalue weighted by molar-refractivity contribution is 5.99. The summed E-state index contributed by atoms with van der Waals surface area (Å²) < 4.78 is 16.3. The summed E-state index contributed by atoms with van der Waals surface area (Å²) in [6.07, 6.45) is 3.04. The Bertz CT molecular complexity index is 1630. The number of carbonyl (C=O) groups is 2. The Labute approximate surface area is 254 Å². The number of aromatic amines is 1. The third kappa shape index (κ3) is 7.49. The molecule has 0 saturated heterocycles. The van der Waals surface area contributed by atoms with Crippen molar-refractivity contribution in [1.82, 2.24) is 15.5 Å². The molecule has 4 rings (SSSR count). The van der Waals surface area contributed by atoms with Gasteiger partial charge in [-0.15, -0.1) is 5.10 Å². The van der Waals surface area contributed by atoms with Crippen molar-refractivity contribution in [2.45, 2.75) is 45.4 Å². The Morgan fingerprint density at radius 3 is 2.32 bits per heavy atom. The molecule has 1 atom stereocenters. The van der Waals surface area contributed by atoms with Gasteiger partial charge in [0.25, 0.3) is 5.69 Å². The van der Waals surface area contributed by atoms with Gasteiger partial charge in [-0.3, -0.25) is 15.2 Å². The number of nitro benzene ring substituents is 1. The van der Waals surface area contributed by atoms with Gasteiger partial charge in [-0.1, -0.05) is 24.3 Å². The van der Waals surface area contributed by atoms with Gasteiger partial charge in [0.15, 0.2) is 0 Å². The number of benzene rings is 2. The first kappa shape index (κ1) is 31.5. The zero-order valence-electron chi connectivity index (χ0n) is 24.7. The number of methoxy groups -OCH3 is 1. The number of esters is 2. The molecule has 0 aliphatic carbocycles. The Morgan fingerprint density at radius 2 is 1.66 bits per heavy atom. The van der Waals surface area contributed by atoms with Gasteiger partial charge >= 0.3 is 11.9 Å². The van der Waals surface area contributed by atoms with Gasteiger partial charge in [0.1, 0.15) is 0 Å². The number of dihydropyridines is 1. The number of allylic oxidation sites excluding steroid dienone is 2. The van der Waals surface area contributed by atoms with Crippen LogP contribution in [0.25, 0.3) is 11.3 Å². The molecule has 0 saturated carbocycles. The number of hydrogen-bond donors (Lipinski definition) is 2. The summed E-state index contributed by atoms with van der Waals surface area (Å²) in [6.45, 7) is 4.03. The molecule has 3 aromatic rings. The first-order chi connectivity index (χ1) is 21.2. The molecule has 228 valence electrons. The third-order valence-corrected chi connectivity index (χ3v) is 7.20. The van der Waals surface area contributed by atoms with Crippen molar-refractivity contribution in [3.05, 3.63) is 98.4 Å². The number of carbonyl (C=O) groups excluding carboxylic acids is 2. The quantitative estimate of drug-likeness (QED) is 0.111.